The molecule has 1 aliphatic carbocycles. The number of nitrogens with one attached hydrogen (secondary N) is 1. The summed E-state index contributed by atoms with van der Waals surface area (Å²) >= 11 is 0. The van der Waals surface area contributed by atoms with Gasteiger partial charge >= 0.3 is 0 Å². The smallest absolute Gasteiger partial charge is 0.204 e. The first-order valence-electron chi connectivity index (χ1n) is 11.0. The Morgan fingerprint density at radius 3 is 2.24 bits per heavy atom. The predicted octanol–water partition coefficient (Wildman–Crippen LogP) is 4.52. The molecule has 3 aromatic rings. The molecule has 168 valence electrons. The Hall–Kier alpha value is -3.74. The number of halogens is 1. The third kappa shape index (κ3) is 4.44. The molecule has 33 heavy (non-hydrogen) atoms. The molecule has 2 aliphatic rings. The molecule has 1 aromatic heterocycles. The standard InChI is InChI=1S/C26H23FN2O4/c27-19-5-1-17(2-6-19)15-22(30)26(10-11-26)23(31)16-18-3-7-20(8-4-18)33-21-9-12-28-25-24(21)32-14-13-29-25/h1-9,12H,10-11,13-16H2,(H,28,29). The van der Waals surface area contributed by atoms with Gasteiger partial charge in [0.2, 0.25) is 5.75 Å². The van der Waals surface area contributed by atoms with Crippen molar-refractivity contribution in [2.45, 2.75) is 25.7 Å². The van der Waals surface area contributed by atoms with E-state index in [-0.39, 0.29) is 30.2 Å². The van der Waals surface area contributed by atoms with Gasteiger partial charge in [-0.2, -0.15) is 0 Å². The van der Waals surface area contributed by atoms with E-state index in [4.69, 9.17) is 9.47 Å². The average Bonchev–Trinajstić information content (AvgIpc) is 3.65. The first-order chi connectivity index (χ1) is 16.0. The maximum absolute atomic E-state index is 13.1. The summed E-state index contributed by atoms with van der Waals surface area (Å²) in [5.41, 5.74) is 0.645. The third-order valence-corrected chi connectivity index (χ3v) is 6.12. The number of pyridine rings is 1. The van der Waals surface area contributed by atoms with Crippen LogP contribution in [-0.4, -0.2) is 29.7 Å². The number of Topliss-reactive ketones (excluding diaryl/α,β-unsaturated/α-hetero) is 2. The molecule has 7 heteroatoms. The number of ether oxygens (including phenoxy) is 2. The van der Waals surface area contributed by atoms with Crippen LogP contribution in [0.15, 0.2) is 60.8 Å². The second kappa shape index (κ2) is 8.65. The van der Waals surface area contributed by atoms with Crippen LogP contribution in [0.2, 0.25) is 0 Å². The molecule has 0 atom stereocenters. The van der Waals surface area contributed by atoms with Crippen LogP contribution in [-0.2, 0) is 22.4 Å². The second-order valence-corrected chi connectivity index (χ2v) is 8.42. The van der Waals surface area contributed by atoms with Crippen molar-refractivity contribution in [2.75, 3.05) is 18.5 Å². The van der Waals surface area contributed by atoms with Gasteiger partial charge in [-0.15, -0.1) is 0 Å². The monoisotopic (exact) mass is 446 g/mol. The molecule has 2 aromatic carbocycles. The van der Waals surface area contributed by atoms with Crippen LogP contribution in [0.3, 0.4) is 0 Å². The molecule has 0 bridgehead atoms. The zero-order chi connectivity index (χ0) is 22.8. The zero-order valence-electron chi connectivity index (χ0n) is 18.0. The van der Waals surface area contributed by atoms with E-state index in [0.29, 0.717) is 49.1 Å². The highest BCUT2D eigenvalue weighted by atomic mass is 19.1. The molecule has 0 amide bonds. The number of benzene rings is 2. The van der Waals surface area contributed by atoms with Crippen molar-refractivity contribution in [3.05, 3.63) is 77.7 Å². The number of nitrogens with zero attached hydrogens (tertiary/aromatic N) is 1. The highest BCUT2D eigenvalue weighted by Gasteiger charge is 2.54. The van der Waals surface area contributed by atoms with Gasteiger partial charge in [0.25, 0.3) is 0 Å². The van der Waals surface area contributed by atoms with Crippen LogP contribution in [0, 0.1) is 11.2 Å². The topological polar surface area (TPSA) is 77.5 Å². The van der Waals surface area contributed by atoms with Gasteiger partial charge in [-0.1, -0.05) is 24.3 Å². The van der Waals surface area contributed by atoms with Crippen LogP contribution in [0.25, 0.3) is 0 Å². The number of carbonyl (C=O) groups excluding carboxylic acids is 2. The summed E-state index contributed by atoms with van der Waals surface area (Å²) in [6, 6.07) is 14.8. The minimum Gasteiger partial charge on any atom is -0.485 e. The lowest BCUT2D eigenvalue weighted by Gasteiger charge is -2.20. The number of fused-ring (bicyclic) bond motifs is 1. The van der Waals surface area contributed by atoms with Gasteiger partial charge in [-0.25, -0.2) is 9.37 Å². The SMILES string of the molecule is O=C(Cc1ccc(F)cc1)C1(C(=O)Cc2ccc(Oc3ccnc4c3OCCN4)cc2)CC1. The van der Waals surface area contributed by atoms with Gasteiger partial charge in [0, 0.05) is 25.1 Å². The van der Waals surface area contributed by atoms with Crippen LogP contribution in [0.1, 0.15) is 24.0 Å². The van der Waals surface area contributed by atoms with Crippen LogP contribution in [0.4, 0.5) is 10.2 Å². The first kappa shape index (κ1) is 21.1. The molecule has 2 heterocycles. The number of carbonyl (C=O) groups is 2. The minimum atomic E-state index is -0.899. The van der Waals surface area contributed by atoms with Crippen LogP contribution < -0.4 is 14.8 Å². The lowest BCUT2D eigenvalue weighted by Crippen LogP contribution is -2.28. The van der Waals surface area contributed by atoms with Gasteiger partial charge in [-0.3, -0.25) is 9.59 Å². The van der Waals surface area contributed by atoms with Gasteiger partial charge in [-0.05, 0) is 48.2 Å². The summed E-state index contributed by atoms with van der Waals surface area (Å²) in [7, 11) is 0. The summed E-state index contributed by atoms with van der Waals surface area (Å²) < 4.78 is 24.7. The van der Waals surface area contributed by atoms with E-state index in [2.05, 4.69) is 10.3 Å². The zero-order valence-corrected chi connectivity index (χ0v) is 18.0. The van der Waals surface area contributed by atoms with E-state index in [0.717, 1.165) is 11.1 Å². The van der Waals surface area contributed by atoms with Crippen molar-refractivity contribution >= 4 is 17.4 Å². The number of aromatic nitrogens is 1. The third-order valence-electron chi connectivity index (χ3n) is 6.12. The summed E-state index contributed by atoms with van der Waals surface area (Å²) in [5.74, 6) is 1.92. The number of ketones is 2. The second-order valence-electron chi connectivity index (χ2n) is 8.42. The quantitative estimate of drug-likeness (QED) is 0.513. The summed E-state index contributed by atoms with van der Waals surface area (Å²) in [6.45, 7) is 1.23. The normalized spacial score (nSPS) is 15.5. The van der Waals surface area contributed by atoms with E-state index in [1.807, 2.05) is 12.1 Å². The average molecular weight is 446 g/mol. The van der Waals surface area contributed by atoms with E-state index in [9.17, 15) is 14.0 Å². The van der Waals surface area contributed by atoms with Crippen molar-refractivity contribution in [2.24, 2.45) is 5.41 Å². The van der Waals surface area contributed by atoms with E-state index in [1.165, 1.54) is 12.1 Å². The first-order valence-corrected chi connectivity index (χ1v) is 11.0. The Morgan fingerprint density at radius 2 is 1.61 bits per heavy atom. The van der Waals surface area contributed by atoms with Crippen molar-refractivity contribution in [1.82, 2.24) is 4.98 Å². The molecule has 1 saturated carbocycles. The molecule has 0 radical (unpaired) electrons. The number of hydrogen-bond acceptors (Lipinski definition) is 6. The van der Waals surface area contributed by atoms with E-state index >= 15 is 0 Å². The predicted molar refractivity (Wildman–Crippen MR) is 120 cm³/mol. The van der Waals surface area contributed by atoms with Crippen LogP contribution in [0.5, 0.6) is 17.2 Å². The molecular formula is C26H23FN2O4. The van der Waals surface area contributed by atoms with Crippen LogP contribution >= 0.6 is 0 Å². The maximum Gasteiger partial charge on any atom is 0.204 e. The number of rotatable bonds is 8. The molecule has 1 fully saturated rings. The van der Waals surface area contributed by atoms with Crippen molar-refractivity contribution in [3.63, 3.8) is 0 Å². The fraction of sp³-hybridized carbons (Fsp3) is 0.269. The van der Waals surface area contributed by atoms with Gasteiger partial charge < -0.3 is 14.8 Å². The van der Waals surface area contributed by atoms with E-state index in [1.54, 1.807) is 36.5 Å². The van der Waals surface area contributed by atoms with Gasteiger partial charge in [0.05, 0.1) is 12.0 Å². The largest absolute Gasteiger partial charge is 0.485 e. The summed E-state index contributed by atoms with van der Waals surface area (Å²) in [5, 5.41) is 3.17. The number of hydrogen-bond donors (Lipinski definition) is 1. The Balaban J connectivity index is 1.23. The van der Waals surface area contributed by atoms with Gasteiger partial charge in [0.15, 0.2) is 23.1 Å². The molecule has 0 unspecified atom stereocenters. The maximum atomic E-state index is 13.1. The number of anilines is 1. The van der Waals surface area contributed by atoms with E-state index < -0.39 is 5.41 Å². The molecule has 1 N–H and O–H groups in total. The van der Waals surface area contributed by atoms with Crippen molar-refractivity contribution in [3.8, 4) is 17.2 Å². The summed E-state index contributed by atoms with van der Waals surface area (Å²) in [6.07, 6.45) is 3.14. The molecule has 1 aliphatic heterocycles. The molecule has 6 nitrogen and oxygen atoms in total. The van der Waals surface area contributed by atoms with Crippen molar-refractivity contribution < 1.29 is 23.5 Å². The highest BCUT2D eigenvalue weighted by Crippen LogP contribution is 2.49. The Morgan fingerprint density at radius 1 is 0.970 bits per heavy atom. The highest BCUT2D eigenvalue weighted by molar-refractivity contribution is 6.10. The minimum absolute atomic E-state index is 0.0639. The fourth-order valence-electron chi connectivity index (χ4n) is 4.05. The summed E-state index contributed by atoms with van der Waals surface area (Å²) in [4.78, 5) is 30.1. The van der Waals surface area contributed by atoms with Gasteiger partial charge in [0.1, 0.15) is 18.2 Å². The Kier molecular flexibility index (Phi) is 5.54. The lowest BCUT2D eigenvalue weighted by atomic mass is 9.88. The molecule has 5 rings (SSSR count). The molecular weight excluding hydrogens is 423 g/mol. The molecule has 0 saturated heterocycles. The molecule has 0 spiro atoms. The Bertz CT molecular complexity index is 1190. The Labute approximate surface area is 190 Å². The fourth-order valence-corrected chi connectivity index (χ4v) is 4.05. The van der Waals surface area contributed by atoms with Crippen molar-refractivity contribution in [1.29, 1.82) is 0 Å². The lowest BCUT2D eigenvalue weighted by molar-refractivity contribution is -0.133.